The first-order chi connectivity index (χ1) is 5.31. The topological polar surface area (TPSA) is 21.6 Å². The predicted molar refractivity (Wildman–Crippen MR) is 53.0 cm³/mol. The molecule has 0 aliphatic rings. The fraction of sp³-hybridized carbons (Fsp3) is 0.667. The van der Waals surface area contributed by atoms with Crippen molar-refractivity contribution < 1.29 is 4.74 Å². The highest BCUT2D eigenvalue weighted by molar-refractivity contribution is 5.25. The number of methoxy groups -OCH3 is 1. The van der Waals surface area contributed by atoms with E-state index in [0.29, 0.717) is 0 Å². The van der Waals surface area contributed by atoms with Gasteiger partial charge in [0.25, 0.3) is 0 Å². The van der Waals surface area contributed by atoms with Gasteiger partial charge in [0, 0.05) is 0 Å². The molecule has 0 aromatic heterocycles. The Kier molecular flexibility index (Phi) is 34.6. The molecule has 0 atom stereocenters. The molecule has 0 amide bonds. The number of ether oxygens (including phenoxy) is 1. The lowest BCUT2D eigenvalue weighted by molar-refractivity contribution is 0.292. The zero-order valence-electron chi connectivity index (χ0n) is 8.64. The Bertz CT molecular complexity index is 87.6. The second-order valence-electron chi connectivity index (χ2n) is 1.13. The molecule has 2 nitrogen and oxygen atoms in total. The minimum absolute atomic E-state index is 0.773. The molecule has 0 saturated carbocycles. The Morgan fingerprint density at radius 2 is 1.64 bits per heavy atom. The van der Waals surface area contributed by atoms with Crippen molar-refractivity contribution in [3.63, 3.8) is 0 Å². The molecule has 0 saturated heterocycles. The maximum absolute atomic E-state index is 4.72. The van der Waals surface area contributed by atoms with Gasteiger partial charge >= 0.3 is 0 Å². The van der Waals surface area contributed by atoms with Crippen molar-refractivity contribution in [3.8, 4) is 0 Å². The third-order valence-corrected chi connectivity index (χ3v) is 0.595. The summed E-state index contributed by atoms with van der Waals surface area (Å²) >= 11 is 0. The summed E-state index contributed by atoms with van der Waals surface area (Å²) in [6, 6.07) is 0. The molecular weight excluding hydrogens is 138 g/mol. The van der Waals surface area contributed by atoms with Crippen molar-refractivity contribution in [2.24, 2.45) is 4.99 Å². The monoisotopic (exact) mass is 159 g/mol. The summed E-state index contributed by atoms with van der Waals surface area (Å²) in [4.78, 5) is 3.47. The fourth-order valence-corrected chi connectivity index (χ4v) is 0.181. The number of rotatable bonds is 2. The van der Waals surface area contributed by atoms with Gasteiger partial charge < -0.3 is 4.74 Å². The smallest absolute Gasteiger partial charge is 0.111 e. The molecule has 0 aromatic carbocycles. The summed E-state index contributed by atoms with van der Waals surface area (Å²) in [5, 5.41) is 0. The molecule has 0 aliphatic carbocycles. The summed E-state index contributed by atoms with van der Waals surface area (Å²) in [7, 11) is 1.59. The minimum Gasteiger partial charge on any atom is -0.500 e. The van der Waals surface area contributed by atoms with E-state index >= 15 is 0 Å². The van der Waals surface area contributed by atoms with Gasteiger partial charge in [0.15, 0.2) is 0 Å². The lowest BCUT2D eigenvalue weighted by Crippen LogP contribution is -1.74. The molecule has 0 aliphatic heterocycles. The van der Waals surface area contributed by atoms with Crippen LogP contribution in [0.3, 0.4) is 0 Å². The first kappa shape index (κ1) is 16.7. The van der Waals surface area contributed by atoms with Gasteiger partial charge in [-0.15, -0.1) is 0 Å². The third-order valence-electron chi connectivity index (χ3n) is 0.595. The van der Waals surface area contributed by atoms with E-state index in [0.717, 1.165) is 5.76 Å². The molecule has 2 heteroatoms. The molecule has 0 spiro atoms. The molecule has 0 unspecified atom stereocenters. The van der Waals surface area contributed by atoms with Crippen LogP contribution in [0.25, 0.3) is 0 Å². The SMILES string of the molecule is C=N/C=C(/C)OC.CC.CC. The van der Waals surface area contributed by atoms with Gasteiger partial charge in [-0.1, -0.05) is 27.7 Å². The van der Waals surface area contributed by atoms with Crippen molar-refractivity contribution >= 4 is 6.72 Å². The summed E-state index contributed by atoms with van der Waals surface area (Å²) in [5.41, 5.74) is 0. The highest BCUT2D eigenvalue weighted by Gasteiger charge is 1.75. The first-order valence-electron chi connectivity index (χ1n) is 3.98. The van der Waals surface area contributed by atoms with E-state index in [1.165, 1.54) is 0 Å². The number of hydrogen-bond donors (Lipinski definition) is 0. The number of allylic oxidation sites excluding steroid dienone is 1. The van der Waals surface area contributed by atoms with Gasteiger partial charge in [0.2, 0.25) is 0 Å². The maximum atomic E-state index is 4.72. The zero-order valence-corrected chi connectivity index (χ0v) is 8.64. The Labute approximate surface area is 71.0 Å². The lowest BCUT2D eigenvalue weighted by atomic mass is 10.6. The van der Waals surface area contributed by atoms with Crippen molar-refractivity contribution in [1.29, 1.82) is 0 Å². The van der Waals surface area contributed by atoms with E-state index in [4.69, 9.17) is 4.74 Å². The molecule has 0 N–H and O–H groups in total. The van der Waals surface area contributed by atoms with Crippen LogP contribution in [0, 0.1) is 0 Å². The van der Waals surface area contributed by atoms with Crippen molar-refractivity contribution in [3.05, 3.63) is 12.0 Å². The molecule has 0 radical (unpaired) electrons. The van der Waals surface area contributed by atoms with Crippen LogP contribution in [0.15, 0.2) is 17.0 Å². The van der Waals surface area contributed by atoms with Gasteiger partial charge in [-0.2, -0.15) is 0 Å². The summed E-state index contributed by atoms with van der Waals surface area (Å²) in [6.07, 6.45) is 1.56. The Morgan fingerprint density at radius 1 is 1.27 bits per heavy atom. The summed E-state index contributed by atoms with van der Waals surface area (Å²) < 4.78 is 4.72. The molecule has 0 aromatic rings. The van der Waals surface area contributed by atoms with Gasteiger partial charge in [0.1, 0.15) is 5.76 Å². The Hall–Kier alpha value is -0.790. The van der Waals surface area contributed by atoms with Crippen molar-refractivity contribution in [2.75, 3.05) is 7.11 Å². The van der Waals surface area contributed by atoms with Crippen LogP contribution in [0.2, 0.25) is 0 Å². The molecule has 68 valence electrons. The molecule has 0 fully saturated rings. The molecule has 0 bridgehead atoms. The van der Waals surface area contributed by atoms with Crippen LogP contribution in [0.5, 0.6) is 0 Å². The van der Waals surface area contributed by atoms with E-state index in [9.17, 15) is 0 Å². The zero-order chi connectivity index (χ0) is 9.70. The number of hydrogen-bond acceptors (Lipinski definition) is 2. The number of nitrogens with zero attached hydrogens (tertiary/aromatic N) is 1. The highest BCUT2D eigenvalue weighted by atomic mass is 16.5. The van der Waals surface area contributed by atoms with Crippen molar-refractivity contribution in [2.45, 2.75) is 34.6 Å². The highest BCUT2D eigenvalue weighted by Crippen LogP contribution is 1.89. The van der Waals surface area contributed by atoms with E-state index in [1.807, 2.05) is 34.6 Å². The summed E-state index contributed by atoms with van der Waals surface area (Å²) in [6.45, 7) is 13.1. The van der Waals surface area contributed by atoms with Crippen LogP contribution in [0.1, 0.15) is 34.6 Å². The van der Waals surface area contributed by atoms with Crippen LogP contribution in [-0.2, 0) is 4.74 Å². The van der Waals surface area contributed by atoms with Gasteiger partial charge in [-0.3, -0.25) is 4.99 Å². The summed E-state index contributed by atoms with van der Waals surface area (Å²) in [5.74, 6) is 0.773. The Balaban J connectivity index is -0.000000138. The van der Waals surface area contributed by atoms with Crippen LogP contribution in [0.4, 0.5) is 0 Å². The Morgan fingerprint density at radius 3 is 1.73 bits per heavy atom. The molecule has 11 heavy (non-hydrogen) atoms. The quantitative estimate of drug-likeness (QED) is 0.447. The van der Waals surface area contributed by atoms with Crippen LogP contribution in [-0.4, -0.2) is 13.8 Å². The fourth-order valence-electron chi connectivity index (χ4n) is 0.181. The van der Waals surface area contributed by atoms with E-state index < -0.39 is 0 Å². The largest absolute Gasteiger partial charge is 0.500 e. The third kappa shape index (κ3) is 27.0. The molecular formula is C9H21NO. The van der Waals surface area contributed by atoms with E-state index in [2.05, 4.69) is 11.7 Å². The molecule has 0 rings (SSSR count). The minimum atomic E-state index is 0.773. The maximum Gasteiger partial charge on any atom is 0.111 e. The second kappa shape index (κ2) is 22.9. The van der Waals surface area contributed by atoms with Crippen molar-refractivity contribution in [1.82, 2.24) is 0 Å². The van der Waals surface area contributed by atoms with Gasteiger partial charge in [-0.05, 0) is 13.6 Å². The molecule has 0 heterocycles. The first-order valence-corrected chi connectivity index (χ1v) is 3.98. The van der Waals surface area contributed by atoms with Gasteiger partial charge in [-0.25, -0.2) is 0 Å². The van der Waals surface area contributed by atoms with Gasteiger partial charge in [0.05, 0.1) is 13.3 Å². The van der Waals surface area contributed by atoms with E-state index in [-0.39, 0.29) is 0 Å². The predicted octanol–water partition coefficient (Wildman–Crippen LogP) is 3.25. The average molecular weight is 159 g/mol. The second-order valence-corrected chi connectivity index (χ2v) is 1.13. The van der Waals surface area contributed by atoms with E-state index in [1.54, 1.807) is 13.3 Å². The standard InChI is InChI=1S/C5H9NO.2C2H6/c1-5(7-3)4-6-2;2*1-2/h4H,2H2,1,3H3;2*1-2H3/b5-4-;;. The normalized spacial score (nSPS) is 8.00. The van der Waals surface area contributed by atoms with Crippen LogP contribution < -0.4 is 0 Å². The lowest BCUT2D eigenvalue weighted by Gasteiger charge is -1.91. The van der Waals surface area contributed by atoms with Crippen LogP contribution >= 0.6 is 0 Å². The average Bonchev–Trinajstić information content (AvgIpc) is 2.12. The number of aliphatic imine (C=N–C) groups is 1.